The molecule has 1 N–H and O–H groups in total. The van der Waals surface area contributed by atoms with Crippen molar-refractivity contribution < 1.29 is 4.79 Å². The van der Waals surface area contributed by atoms with Gasteiger partial charge in [0, 0.05) is 42.7 Å². The molecule has 2 heterocycles. The second kappa shape index (κ2) is 5.06. The molecule has 1 fully saturated rings. The largest absolute Gasteiger partial charge is 0.367 e. The van der Waals surface area contributed by atoms with Gasteiger partial charge in [0.05, 0.1) is 11.7 Å². The fraction of sp³-hybridized carbons (Fsp3) is 0.500. The third-order valence-electron chi connectivity index (χ3n) is 4.01. The van der Waals surface area contributed by atoms with Crippen molar-refractivity contribution in [3.05, 3.63) is 24.4 Å². The second-order valence-electron chi connectivity index (χ2n) is 6.64. The number of rotatable bonds is 1. The highest BCUT2D eigenvalue weighted by molar-refractivity contribution is 5.91. The Morgan fingerprint density at radius 2 is 1.90 bits per heavy atom. The molecule has 5 heteroatoms. The van der Waals surface area contributed by atoms with Gasteiger partial charge >= 0.3 is 0 Å². The number of H-pyrrole nitrogens is 1. The Morgan fingerprint density at radius 1 is 1.19 bits per heavy atom. The fourth-order valence-corrected chi connectivity index (χ4v) is 2.85. The van der Waals surface area contributed by atoms with Crippen LogP contribution in [0, 0.1) is 5.41 Å². The topological polar surface area (TPSA) is 52.2 Å². The summed E-state index contributed by atoms with van der Waals surface area (Å²) in [7, 11) is 0. The number of fused-ring (bicyclic) bond motifs is 1. The molecule has 0 aliphatic carbocycles. The highest BCUT2D eigenvalue weighted by Gasteiger charge is 2.29. The molecule has 2 aromatic rings. The minimum absolute atomic E-state index is 0.240. The van der Waals surface area contributed by atoms with Gasteiger partial charge in [0.15, 0.2) is 0 Å². The van der Waals surface area contributed by atoms with Crippen molar-refractivity contribution in [1.29, 1.82) is 0 Å². The van der Waals surface area contributed by atoms with E-state index in [2.05, 4.69) is 21.2 Å². The maximum atomic E-state index is 12.3. The molecule has 1 aromatic carbocycles. The van der Waals surface area contributed by atoms with Crippen molar-refractivity contribution in [2.75, 3.05) is 31.1 Å². The first-order valence-electron chi connectivity index (χ1n) is 7.43. The number of hydrogen-bond donors (Lipinski definition) is 1. The van der Waals surface area contributed by atoms with Crippen LogP contribution in [0.3, 0.4) is 0 Å². The van der Waals surface area contributed by atoms with Crippen LogP contribution >= 0.6 is 0 Å². The summed E-state index contributed by atoms with van der Waals surface area (Å²) < 4.78 is 0. The smallest absolute Gasteiger partial charge is 0.228 e. The number of amides is 1. The van der Waals surface area contributed by atoms with Crippen molar-refractivity contribution in [2.45, 2.75) is 20.8 Å². The third kappa shape index (κ3) is 2.60. The molecule has 0 unspecified atom stereocenters. The molecule has 21 heavy (non-hydrogen) atoms. The van der Waals surface area contributed by atoms with E-state index in [9.17, 15) is 4.79 Å². The van der Waals surface area contributed by atoms with Gasteiger partial charge in [-0.05, 0) is 12.1 Å². The van der Waals surface area contributed by atoms with E-state index >= 15 is 0 Å². The summed E-state index contributed by atoms with van der Waals surface area (Å²) >= 11 is 0. The van der Waals surface area contributed by atoms with E-state index in [1.54, 1.807) is 0 Å². The number of hydrogen-bond acceptors (Lipinski definition) is 3. The molecule has 1 aliphatic rings. The quantitative estimate of drug-likeness (QED) is 0.875. The maximum Gasteiger partial charge on any atom is 0.228 e. The first-order valence-corrected chi connectivity index (χ1v) is 7.43. The molecule has 3 rings (SSSR count). The van der Waals surface area contributed by atoms with Gasteiger partial charge in [-0.3, -0.25) is 9.89 Å². The molecule has 1 aliphatic heterocycles. The Hall–Kier alpha value is -2.04. The fourth-order valence-electron chi connectivity index (χ4n) is 2.85. The maximum absolute atomic E-state index is 12.3. The molecular weight excluding hydrogens is 264 g/mol. The predicted octanol–water partition coefficient (Wildman–Crippen LogP) is 2.26. The van der Waals surface area contributed by atoms with Gasteiger partial charge in [-0.25, -0.2) is 0 Å². The van der Waals surface area contributed by atoms with E-state index < -0.39 is 0 Å². The van der Waals surface area contributed by atoms with Crippen molar-refractivity contribution in [1.82, 2.24) is 15.1 Å². The van der Waals surface area contributed by atoms with Crippen molar-refractivity contribution in [3.8, 4) is 0 Å². The highest BCUT2D eigenvalue weighted by Crippen LogP contribution is 2.27. The minimum Gasteiger partial charge on any atom is -0.367 e. The molecule has 112 valence electrons. The lowest BCUT2D eigenvalue weighted by Crippen LogP contribution is -2.51. The predicted molar refractivity (Wildman–Crippen MR) is 84.3 cm³/mol. The molecule has 0 bridgehead atoms. The van der Waals surface area contributed by atoms with Crippen LogP contribution in [0.2, 0.25) is 0 Å². The molecule has 0 saturated carbocycles. The molecule has 5 nitrogen and oxygen atoms in total. The van der Waals surface area contributed by atoms with E-state index in [4.69, 9.17) is 0 Å². The number of carbonyl (C=O) groups is 1. The van der Waals surface area contributed by atoms with Gasteiger partial charge in [0.1, 0.15) is 0 Å². The van der Waals surface area contributed by atoms with Crippen LogP contribution in [0.5, 0.6) is 0 Å². The zero-order valence-corrected chi connectivity index (χ0v) is 12.9. The van der Waals surface area contributed by atoms with Gasteiger partial charge < -0.3 is 9.80 Å². The summed E-state index contributed by atoms with van der Waals surface area (Å²) in [5, 5.41) is 8.27. The Kier molecular flexibility index (Phi) is 3.35. The summed E-state index contributed by atoms with van der Waals surface area (Å²) in [6.45, 7) is 9.24. The number of nitrogens with zero attached hydrogens (tertiary/aromatic N) is 3. The lowest BCUT2D eigenvalue weighted by Gasteiger charge is -2.38. The summed E-state index contributed by atoms with van der Waals surface area (Å²) in [5.74, 6) is 0.240. The van der Waals surface area contributed by atoms with E-state index in [0.29, 0.717) is 0 Å². The van der Waals surface area contributed by atoms with Crippen LogP contribution in [0.1, 0.15) is 20.8 Å². The summed E-state index contributed by atoms with van der Waals surface area (Å²) in [6.07, 6.45) is 1.87. The van der Waals surface area contributed by atoms with Crippen LogP contribution in [0.25, 0.3) is 10.9 Å². The van der Waals surface area contributed by atoms with Crippen LogP contribution < -0.4 is 4.90 Å². The summed E-state index contributed by atoms with van der Waals surface area (Å²) in [4.78, 5) is 16.6. The Balaban J connectivity index is 1.74. The zero-order chi connectivity index (χ0) is 15.0. The van der Waals surface area contributed by atoms with Gasteiger partial charge in [0.25, 0.3) is 0 Å². The molecule has 1 amide bonds. The Bertz CT molecular complexity index is 648. The van der Waals surface area contributed by atoms with Gasteiger partial charge in [-0.1, -0.05) is 26.8 Å². The molecule has 1 aromatic heterocycles. The van der Waals surface area contributed by atoms with Gasteiger partial charge in [-0.2, -0.15) is 5.10 Å². The minimum atomic E-state index is -0.299. The molecule has 1 saturated heterocycles. The summed E-state index contributed by atoms with van der Waals surface area (Å²) in [5.41, 5.74) is 1.96. The number of benzene rings is 1. The molecule has 0 radical (unpaired) electrons. The van der Waals surface area contributed by atoms with E-state index in [-0.39, 0.29) is 11.3 Å². The lowest BCUT2D eigenvalue weighted by atomic mass is 9.94. The number of piperazine rings is 1. The molecule has 0 spiro atoms. The first-order chi connectivity index (χ1) is 9.97. The summed E-state index contributed by atoms with van der Waals surface area (Å²) in [6, 6.07) is 6.20. The SMILES string of the molecule is CC(C)(C)C(=O)N1CCN(c2cccc3[nH]ncc23)CC1. The third-order valence-corrected chi connectivity index (χ3v) is 4.01. The zero-order valence-electron chi connectivity index (χ0n) is 12.9. The first kappa shape index (κ1) is 13.9. The van der Waals surface area contributed by atoms with Crippen molar-refractivity contribution >= 4 is 22.5 Å². The highest BCUT2D eigenvalue weighted by atomic mass is 16.2. The number of anilines is 1. The molecular formula is C16H22N4O. The van der Waals surface area contributed by atoms with Crippen molar-refractivity contribution in [3.63, 3.8) is 0 Å². The molecule has 0 atom stereocenters. The number of nitrogens with one attached hydrogen (secondary N) is 1. The van der Waals surface area contributed by atoms with Crippen LogP contribution in [0.15, 0.2) is 24.4 Å². The Morgan fingerprint density at radius 3 is 2.57 bits per heavy atom. The average Bonchev–Trinajstić information content (AvgIpc) is 2.94. The van der Waals surface area contributed by atoms with E-state index in [1.165, 1.54) is 5.69 Å². The number of aromatic nitrogens is 2. The van der Waals surface area contributed by atoms with Crippen LogP contribution in [0.4, 0.5) is 5.69 Å². The standard InChI is InChI=1S/C16H22N4O/c1-16(2,3)15(21)20-9-7-19(8-10-20)14-6-4-5-13-12(14)11-17-18-13/h4-6,11H,7-10H2,1-3H3,(H,17,18). The Labute approximate surface area is 124 Å². The van der Waals surface area contributed by atoms with Gasteiger partial charge in [0.2, 0.25) is 5.91 Å². The van der Waals surface area contributed by atoms with E-state index in [1.807, 2.05) is 44.0 Å². The monoisotopic (exact) mass is 286 g/mol. The average molecular weight is 286 g/mol. The van der Waals surface area contributed by atoms with Crippen LogP contribution in [-0.2, 0) is 4.79 Å². The van der Waals surface area contributed by atoms with E-state index in [0.717, 1.165) is 37.1 Å². The van der Waals surface area contributed by atoms with Crippen LogP contribution in [-0.4, -0.2) is 47.2 Å². The van der Waals surface area contributed by atoms with Crippen molar-refractivity contribution in [2.24, 2.45) is 5.41 Å². The number of carbonyl (C=O) groups excluding carboxylic acids is 1. The lowest BCUT2D eigenvalue weighted by molar-refractivity contribution is -0.139. The second-order valence-corrected chi connectivity index (χ2v) is 6.64. The normalized spacial score (nSPS) is 16.5. The van der Waals surface area contributed by atoms with Gasteiger partial charge in [-0.15, -0.1) is 0 Å². The number of aromatic amines is 1.